The maximum atomic E-state index is 13.8. The number of likely N-dealkylation sites (tertiary alicyclic amines) is 1. The molecule has 4 aromatic rings. The van der Waals surface area contributed by atoms with Gasteiger partial charge in [-0.25, -0.2) is 9.59 Å². The van der Waals surface area contributed by atoms with Crippen molar-refractivity contribution < 1.29 is 33.8 Å². The van der Waals surface area contributed by atoms with Gasteiger partial charge in [0.1, 0.15) is 11.6 Å². The van der Waals surface area contributed by atoms with Gasteiger partial charge in [-0.15, -0.1) is 10.2 Å². The summed E-state index contributed by atoms with van der Waals surface area (Å²) in [6.07, 6.45) is 2.02. The number of hydrogen-bond acceptors (Lipinski definition) is 9. The first-order valence-corrected chi connectivity index (χ1v) is 19.7. The van der Waals surface area contributed by atoms with E-state index >= 15 is 0 Å². The second-order valence-electron chi connectivity index (χ2n) is 15.7. The predicted octanol–water partition coefficient (Wildman–Crippen LogP) is 5.67. The lowest BCUT2D eigenvalue weighted by Gasteiger charge is -2.29. The Morgan fingerprint density at radius 3 is 2.28 bits per heavy atom. The fraction of sp³-hybridized carbons (Fsp3) is 0.415. The molecule has 16 nitrogen and oxygen atoms in total. The molecule has 1 aliphatic carbocycles. The number of halogens is 1. The number of aromatic amines is 1. The molecular formula is C41H48ClN9O7. The van der Waals surface area contributed by atoms with E-state index < -0.39 is 23.8 Å². The number of carboxylic acid groups (broad SMARTS) is 1. The monoisotopic (exact) mass is 813 g/mol. The Bertz CT molecular complexity index is 2080. The molecule has 2 aliphatic rings. The number of alkyl carbamates (subject to hydrolysis) is 1. The Labute approximate surface area is 340 Å². The summed E-state index contributed by atoms with van der Waals surface area (Å²) in [4.78, 5) is 65.1. The van der Waals surface area contributed by atoms with Crippen molar-refractivity contribution in [1.82, 2.24) is 41.5 Å². The summed E-state index contributed by atoms with van der Waals surface area (Å²) in [6.45, 7) is 6.50. The van der Waals surface area contributed by atoms with Crippen molar-refractivity contribution >= 4 is 47.2 Å². The summed E-state index contributed by atoms with van der Waals surface area (Å²) in [5.41, 5.74) is 3.31. The molecule has 3 aromatic carbocycles. The Kier molecular flexibility index (Phi) is 13.3. The normalized spacial score (nSPS) is 18.5. The third-order valence-electron chi connectivity index (χ3n) is 10.3. The molecule has 1 aromatic heterocycles. The summed E-state index contributed by atoms with van der Waals surface area (Å²) < 4.78 is 5.35. The second-order valence-corrected chi connectivity index (χ2v) is 16.2. The highest BCUT2D eigenvalue weighted by molar-refractivity contribution is 6.33. The number of tetrazole rings is 1. The second kappa shape index (κ2) is 18.5. The average molecular weight is 814 g/mol. The van der Waals surface area contributed by atoms with Crippen molar-refractivity contribution in [1.29, 1.82) is 0 Å². The summed E-state index contributed by atoms with van der Waals surface area (Å²) in [6, 6.07) is 18.3. The minimum atomic E-state index is -1.01. The Morgan fingerprint density at radius 1 is 0.948 bits per heavy atom. The Balaban J connectivity index is 1.10. The maximum absolute atomic E-state index is 13.8. The highest BCUT2D eigenvalue weighted by atomic mass is 35.5. The van der Waals surface area contributed by atoms with E-state index in [1.54, 1.807) is 42.5 Å². The zero-order valence-electron chi connectivity index (χ0n) is 32.6. The largest absolute Gasteiger partial charge is 0.465 e. The molecule has 2 heterocycles. The Morgan fingerprint density at radius 2 is 1.66 bits per heavy atom. The first-order chi connectivity index (χ1) is 27.7. The molecule has 6 N–H and O–H groups in total. The molecule has 1 saturated carbocycles. The average Bonchev–Trinajstić information content (AvgIpc) is 3.91. The molecule has 0 radical (unpaired) electrons. The van der Waals surface area contributed by atoms with Crippen LogP contribution in [-0.4, -0.2) is 97.9 Å². The zero-order chi connectivity index (χ0) is 41.4. The standard InChI is InChI=1S/C41H48ClN9O7/c1-41(2,3)58-39(55)43-22-25-6-10-28(11-7-25)36(52)46-34(38(54)44-30-15-12-27(13-16-30)35-47-49-50-48-35)20-24-4-8-26(9-5-24)32-17-14-29(21-33(32)42)37(53)45-31-18-19-51(23-31)40(56)57/h4-5,8-9,12-17,21,25,28,31,34H,6-7,10-11,18-20,22-23H2,1-3H3,(H,43,55)(H,44,54)(H,45,53)(H,46,52)(H,56,57)(H,47,48,49,50)/t25?,28?,31-,34-/m0/s1. The molecule has 6 rings (SSSR count). The van der Waals surface area contributed by atoms with E-state index in [0.29, 0.717) is 65.6 Å². The van der Waals surface area contributed by atoms with Crippen LogP contribution in [0, 0.1) is 11.8 Å². The van der Waals surface area contributed by atoms with Crippen LogP contribution in [0.1, 0.15) is 68.8 Å². The number of rotatable bonds is 12. The van der Waals surface area contributed by atoms with Gasteiger partial charge in [0.05, 0.1) is 0 Å². The minimum Gasteiger partial charge on any atom is -0.465 e. The number of anilines is 1. The van der Waals surface area contributed by atoms with E-state index in [0.717, 1.165) is 24.0 Å². The molecule has 0 bridgehead atoms. The SMILES string of the molecule is CC(C)(C)OC(=O)NCC1CCC(C(=O)N[C@@H](Cc2ccc(-c3ccc(C(=O)N[C@H]4CCN(C(=O)O)C4)cc3Cl)cc2)C(=O)Nc2ccc(-c3nn[nH]n3)cc2)CC1. The third-order valence-corrected chi connectivity index (χ3v) is 10.6. The molecule has 5 amide bonds. The van der Waals surface area contributed by atoms with Crippen LogP contribution in [0.15, 0.2) is 66.7 Å². The summed E-state index contributed by atoms with van der Waals surface area (Å²) in [5.74, 6) is -0.570. The van der Waals surface area contributed by atoms with Gasteiger partial charge in [-0.05, 0) is 112 Å². The molecular weight excluding hydrogens is 766 g/mol. The van der Waals surface area contributed by atoms with Gasteiger partial charge in [-0.2, -0.15) is 5.21 Å². The lowest BCUT2D eigenvalue weighted by molar-refractivity contribution is -0.130. The van der Waals surface area contributed by atoms with E-state index in [4.69, 9.17) is 16.3 Å². The number of carbonyl (C=O) groups is 5. The fourth-order valence-electron chi connectivity index (χ4n) is 7.15. The van der Waals surface area contributed by atoms with Gasteiger partial charge in [-0.3, -0.25) is 14.4 Å². The molecule has 2 fully saturated rings. The van der Waals surface area contributed by atoms with Gasteiger partial charge in [0.25, 0.3) is 5.91 Å². The van der Waals surface area contributed by atoms with Crippen molar-refractivity contribution in [2.24, 2.45) is 11.8 Å². The van der Waals surface area contributed by atoms with Crippen molar-refractivity contribution in [3.63, 3.8) is 0 Å². The van der Waals surface area contributed by atoms with Crippen LogP contribution in [0.2, 0.25) is 5.02 Å². The molecule has 1 saturated heterocycles. The van der Waals surface area contributed by atoms with Crippen molar-refractivity contribution in [2.75, 3.05) is 25.0 Å². The van der Waals surface area contributed by atoms with Crippen molar-refractivity contribution in [2.45, 2.75) is 77.0 Å². The molecule has 0 spiro atoms. The smallest absolute Gasteiger partial charge is 0.407 e. The number of H-pyrrole nitrogens is 1. The zero-order valence-corrected chi connectivity index (χ0v) is 33.3. The van der Waals surface area contributed by atoms with Crippen molar-refractivity contribution in [3.8, 4) is 22.5 Å². The topological polar surface area (TPSA) is 221 Å². The minimum absolute atomic E-state index is 0.203. The molecule has 0 unspecified atom stereocenters. The first-order valence-electron chi connectivity index (χ1n) is 19.3. The fourth-order valence-corrected chi connectivity index (χ4v) is 7.44. The quantitative estimate of drug-likeness (QED) is 0.103. The van der Waals surface area contributed by atoms with Gasteiger partial charge < -0.3 is 36.0 Å². The van der Waals surface area contributed by atoms with Gasteiger partial charge in [0, 0.05) is 65.4 Å². The summed E-state index contributed by atoms with van der Waals surface area (Å²) >= 11 is 6.66. The van der Waals surface area contributed by atoms with Crippen LogP contribution in [0.3, 0.4) is 0 Å². The number of ether oxygens (including phenoxy) is 1. The number of hydrogen-bond donors (Lipinski definition) is 6. The van der Waals surface area contributed by atoms with Crippen LogP contribution >= 0.6 is 11.6 Å². The maximum Gasteiger partial charge on any atom is 0.407 e. The van der Waals surface area contributed by atoms with Crippen LogP contribution in [-0.2, 0) is 20.7 Å². The molecule has 1 aliphatic heterocycles. The number of benzene rings is 3. The Hall–Kier alpha value is -6.03. The summed E-state index contributed by atoms with van der Waals surface area (Å²) in [5, 5.41) is 35.2. The van der Waals surface area contributed by atoms with Crippen LogP contribution in [0.5, 0.6) is 0 Å². The number of nitrogens with one attached hydrogen (secondary N) is 5. The van der Waals surface area contributed by atoms with Gasteiger partial charge >= 0.3 is 12.2 Å². The highest BCUT2D eigenvalue weighted by Gasteiger charge is 2.31. The lowest BCUT2D eigenvalue weighted by atomic mass is 9.81. The van der Waals surface area contributed by atoms with Crippen LogP contribution < -0.4 is 21.3 Å². The van der Waals surface area contributed by atoms with Gasteiger partial charge in [0.15, 0.2) is 0 Å². The molecule has 58 heavy (non-hydrogen) atoms. The molecule has 2 atom stereocenters. The first kappa shape index (κ1) is 41.6. The van der Waals surface area contributed by atoms with E-state index in [-0.39, 0.29) is 48.6 Å². The van der Waals surface area contributed by atoms with Crippen LogP contribution in [0.25, 0.3) is 22.5 Å². The van der Waals surface area contributed by atoms with Gasteiger partial charge in [-0.1, -0.05) is 41.9 Å². The van der Waals surface area contributed by atoms with Crippen LogP contribution in [0.4, 0.5) is 15.3 Å². The molecule has 306 valence electrons. The molecule has 17 heteroatoms. The predicted molar refractivity (Wildman–Crippen MR) is 216 cm³/mol. The number of nitrogens with zero attached hydrogens (tertiary/aromatic N) is 4. The van der Waals surface area contributed by atoms with E-state index in [2.05, 4.69) is 41.9 Å². The lowest BCUT2D eigenvalue weighted by Crippen LogP contribution is -2.48. The van der Waals surface area contributed by atoms with Crippen molar-refractivity contribution in [3.05, 3.63) is 82.9 Å². The summed E-state index contributed by atoms with van der Waals surface area (Å²) in [7, 11) is 0. The number of carbonyl (C=O) groups excluding carboxylic acids is 4. The third kappa shape index (κ3) is 11.3. The van der Waals surface area contributed by atoms with E-state index in [9.17, 15) is 29.1 Å². The highest BCUT2D eigenvalue weighted by Crippen LogP contribution is 2.31. The number of amides is 5. The van der Waals surface area contributed by atoms with E-state index in [1.807, 2.05) is 45.0 Å². The number of aromatic nitrogens is 4. The van der Waals surface area contributed by atoms with E-state index in [1.165, 1.54) is 4.90 Å². The van der Waals surface area contributed by atoms with Gasteiger partial charge in [0.2, 0.25) is 17.6 Å².